The van der Waals surface area contributed by atoms with Crippen molar-refractivity contribution in [2.75, 3.05) is 0 Å². The molecule has 2 aromatic rings. The zero-order chi connectivity index (χ0) is 18.0. The third-order valence-electron chi connectivity index (χ3n) is 3.38. The molecule has 1 fully saturated rings. The summed E-state index contributed by atoms with van der Waals surface area (Å²) >= 11 is 4.88. The summed E-state index contributed by atoms with van der Waals surface area (Å²) in [6, 6.07) is 10.5. The summed E-state index contributed by atoms with van der Waals surface area (Å²) in [4.78, 5) is 23.5. The predicted octanol–water partition coefficient (Wildman–Crippen LogP) is 2.86. The molecule has 3 rings (SSSR count). The fourth-order valence-electron chi connectivity index (χ4n) is 2.26. The highest BCUT2D eigenvalue weighted by Gasteiger charge is 2.20. The number of amides is 1. The van der Waals surface area contributed by atoms with Gasteiger partial charge in [-0.2, -0.15) is 0 Å². The lowest BCUT2D eigenvalue weighted by Gasteiger charge is -2.07. The Hall–Kier alpha value is -2.93. The van der Waals surface area contributed by atoms with Gasteiger partial charge in [-0.3, -0.25) is 10.1 Å². The van der Waals surface area contributed by atoms with E-state index in [4.69, 9.17) is 21.4 Å². The number of carbonyl (C=O) groups excluding carboxylic acids is 2. The van der Waals surface area contributed by atoms with Crippen molar-refractivity contribution in [3.05, 3.63) is 53.4 Å². The van der Waals surface area contributed by atoms with Crippen LogP contribution in [-0.4, -0.2) is 23.1 Å². The Bertz CT molecular complexity index is 865. The lowest BCUT2D eigenvalue weighted by Crippen LogP contribution is -2.21. The largest absolute Gasteiger partial charge is 0.459 e. The van der Waals surface area contributed by atoms with Gasteiger partial charge in [0.15, 0.2) is 5.11 Å². The van der Waals surface area contributed by atoms with Crippen LogP contribution in [0.1, 0.15) is 30.0 Å². The van der Waals surface area contributed by atoms with E-state index in [0.717, 1.165) is 5.56 Å². The van der Waals surface area contributed by atoms with Crippen molar-refractivity contribution in [2.24, 2.45) is 0 Å². The number of furan rings is 1. The normalized spacial score (nSPS) is 15.4. The topological polar surface area (TPSA) is 80.6 Å². The molecule has 0 saturated carbocycles. The Morgan fingerprint density at radius 1 is 1.16 bits per heavy atom. The molecule has 0 unspecified atom stereocenters. The zero-order valence-corrected chi connectivity index (χ0v) is 14.5. The number of nitrogens with one attached hydrogen (secondary N) is 2. The highest BCUT2D eigenvalue weighted by molar-refractivity contribution is 7.80. The first-order chi connectivity index (χ1) is 11.9. The van der Waals surface area contributed by atoms with Crippen LogP contribution in [0.5, 0.6) is 0 Å². The molecule has 0 aliphatic carbocycles. The number of hydrogen-bond acceptors (Lipinski definition) is 5. The molecule has 1 amide bonds. The van der Waals surface area contributed by atoms with E-state index < -0.39 is 0 Å². The summed E-state index contributed by atoms with van der Waals surface area (Å²) in [6.45, 7) is 3.61. The summed E-state index contributed by atoms with van der Waals surface area (Å²) in [5, 5.41) is 5.51. The van der Waals surface area contributed by atoms with E-state index in [1.54, 1.807) is 56.3 Å². The maximum Gasteiger partial charge on any atom is 0.338 e. The van der Waals surface area contributed by atoms with Gasteiger partial charge in [0.25, 0.3) is 5.91 Å². The van der Waals surface area contributed by atoms with Gasteiger partial charge in [-0.1, -0.05) is 12.1 Å². The lowest BCUT2D eigenvalue weighted by atomic mass is 10.1. The number of benzene rings is 1. The van der Waals surface area contributed by atoms with E-state index in [1.807, 2.05) is 0 Å². The number of esters is 1. The van der Waals surface area contributed by atoms with Gasteiger partial charge < -0.3 is 14.5 Å². The third-order valence-corrected chi connectivity index (χ3v) is 3.59. The molecule has 25 heavy (non-hydrogen) atoms. The van der Waals surface area contributed by atoms with E-state index in [1.165, 1.54) is 0 Å². The Morgan fingerprint density at radius 2 is 1.88 bits per heavy atom. The second kappa shape index (κ2) is 6.90. The molecular formula is C18H16N2O4S. The molecule has 0 spiro atoms. The second-order valence-corrected chi connectivity index (χ2v) is 6.11. The molecule has 1 saturated heterocycles. The standard InChI is InChI=1S/C18H16N2O4S/c1-10(2)23-17(22)12-5-3-11(4-6-12)15-8-7-13(24-15)9-14-16(21)20-18(25)19-14/h3-10H,1-2H3,(H2,19,20,21,25)/b14-9+. The van der Waals surface area contributed by atoms with Gasteiger partial charge in [-0.25, -0.2) is 4.79 Å². The summed E-state index contributed by atoms with van der Waals surface area (Å²) in [5.41, 5.74) is 1.62. The van der Waals surface area contributed by atoms with E-state index in [2.05, 4.69) is 10.6 Å². The summed E-state index contributed by atoms with van der Waals surface area (Å²) in [5.74, 6) is 0.480. The van der Waals surface area contributed by atoms with Crippen molar-refractivity contribution in [2.45, 2.75) is 20.0 Å². The van der Waals surface area contributed by atoms with Crippen molar-refractivity contribution in [1.29, 1.82) is 0 Å². The van der Waals surface area contributed by atoms with Crippen LogP contribution in [0.4, 0.5) is 0 Å². The van der Waals surface area contributed by atoms with Gasteiger partial charge in [-0.15, -0.1) is 0 Å². The maximum atomic E-state index is 11.8. The average molecular weight is 356 g/mol. The predicted molar refractivity (Wildman–Crippen MR) is 96.5 cm³/mol. The number of rotatable bonds is 4. The molecule has 1 aromatic carbocycles. The minimum absolute atomic E-state index is 0.165. The van der Waals surface area contributed by atoms with E-state index >= 15 is 0 Å². The van der Waals surface area contributed by atoms with Crippen LogP contribution in [0.15, 0.2) is 46.5 Å². The number of carbonyl (C=O) groups is 2. The molecule has 7 heteroatoms. The molecule has 6 nitrogen and oxygen atoms in total. The van der Waals surface area contributed by atoms with Gasteiger partial charge in [0.1, 0.15) is 17.2 Å². The molecule has 1 aliphatic rings. The van der Waals surface area contributed by atoms with Crippen molar-refractivity contribution in [1.82, 2.24) is 10.6 Å². The molecule has 2 heterocycles. The van der Waals surface area contributed by atoms with Crippen molar-refractivity contribution >= 4 is 35.3 Å². The minimum atomic E-state index is -0.360. The fourth-order valence-corrected chi connectivity index (χ4v) is 2.47. The Morgan fingerprint density at radius 3 is 2.48 bits per heavy atom. The van der Waals surface area contributed by atoms with Gasteiger partial charge in [0.2, 0.25) is 0 Å². The number of ether oxygens (including phenoxy) is 1. The molecule has 1 aliphatic heterocycles. The maximum absolute atomic E-state index is 11.8. The van der Waals surface area contributed by atoms with Crippen molar-refractivity contribution in [3.8, 4) is 11.3 Å². The molecule has 0 bridgehead atoms. The second-order valence-electron chi connectivity index (χ2n) is 5.70. The Labute approximate surface area is 149 Å². The summed E-state index contributed by atoms with van der Waals surface area (Å²) in [6.07, 6.45) is 1.41. The van der Waals surface area contributed by atoms with Gasteiger partial charge in [-0.05, 0) is 50.3 Å². The summed E-state index contributed by atoms with van der Waals surface area (Å²) < 4.78 is 10.9. The first-order valence-electron chi connectivity index (χ1n) is 7.67. The Balaban J connectivity index is 1.76. The van der Waals surface area contributed by atoms with Crippen LogP contribution in [-0.2, 0) is 9.53 Å². The molecule has 0 radical (unpaired) electrons. The molecule has 128 valence electrons. The third kappa shape index (κ3) is 3.95. The van der Waals surface area contributed by atoms with Crippen LogP contribution >= 0.6 is 12.2 Å². The van der Waals surface area contributed by atoms with Crippen molar-refractivity contribution in [3.63, 3.8) is 0 Å². The number of hydrogen-bond donors (Lipinski definition) is 2. The minimum Gasteiger partial charge on any atom is -0.459 e. The van der Waals surface area contributed by atoms with E-state index in [0.29, 0.717) is 22.8 Å². The quantitative estimate of drug-likeness (QED) is 0.498. The van der Waals surface area contributed by atoms with Crippen LogP contribution in [0.25, 0.3) is 17.4 Å². The van der Waals surface area contributed by atoms with Gasteiger partial charge >= 0.3 is 5.97 Å². The fraction of sp³-hybridized carbons (Fsp3) is 0.167. The van der Waals surface area contributed by atoms with Crippen LogP contribution in [0.2, 0.25) is 0 Å². The first-order valence-corrected chi connectivity index (χ1v) is 8.08. The van der Waals surface area contributed by atoms with Crippen LogP contribution in [0.3, 0.4) is 0 Å². The molecule has 1 aromatic heterocycles. The van der Waals surface area contributed by atoms with E-state index in [9.17, 15) is 9.59 Å². The Kier molecular flexibility index (Phi) is 4.67. The van der Waals surface area contributed by atoms with Crippen LogP contribution < -0.4 is 10.6 Å². The van der Waals surface area contributed by atoms with Gasteiger partial charge in [0, 0.05) is 11.6 Å². The molecule has 0 atom stereocenters. The highest BCUT2D eigenvalue weighted by atomic mass is 32.1. The first kappa shape index (κ1) is 16.9. The van der Waals surface area contributed by atoms with Crippen molar-refractivity contribution < 1.29 is 18.7 Å². The average Bonchev–Trinajstić information content (AvgIpc) is 3.14. The smallest absolute Gasteiger partial charge is 0.338 e. The molecule has 2 N–H and O–H groups in total. The highest BCUT2D eigenvalue weighted by Crippen LogP contribution is 2.24. The van der Waals surface area contributed by atoms with E-state index in [-0.39, 0.29) is 23.1 Å². The SMILES string of the molecule is CC(C)OC(=O)c1ccc(-c2ccc(/C=C3/NC(=S)NC3=O)o2)cc1. The number of thiocarbonyl (C=S) groups is 1. The summed E-state index contributed by atoms with van der Waals surface area (Å²) in [7, 11) is 0. The van der Waals surface area contributed by atoms with Gasteiger partial charge in [0.05, 0.1) is 11.7 Å². The molecular weight excluding hydrogens is 340 g/mol. The lowest BCUT2D eigenvalue weighted by molar-refractivity contribution is -0.115. The zero-order valence-electron chi connectivity index (χ0n) is 13.7. The van der Waals surface area contributed by atoms with Crippen LogP contribution in [0, 0.1) is 0 Å². The monoisotopic (exact) mass is 356 g/mol.